The number of rotatable bonds is 7. The maximum Gasteiger partial charge on any atom is 0.316 e. The van der Waals surface area contributed by atoms with E-state index >= 15 is 0 Å². The number of carbonyl (C=O) groups excluding carboxylic acids is 1. The van der Waals surface area contributed by atoms with E-state index in [2.05, 4.69) is 4.98 Å². The fourth-order valence-corrected chi connectivity index (χ4v) is 2.45. The number of carbonyl (C=O) groups is 1. The predicted molar refractivity (Wildman–Crippen MR) is 87.4 cm³/mol. The number of benzene rings is 1. The smallest absolute Gasteiger partial charge is 0.316 e. The van der Waals surface area contributed by atoms with Crippen LogP contribution >= 0.6 is 23.4 Å². The van der Waals surface area contributed by atoms with Gasteiger partial charge in [0.05, 0.1) is 12.4 Å². The lowest BCUT2D eigenvalue weighted by Gasteiger charge is -2.06. The number of aromatic nitrogens is 1. The standard InChI is InChI=1S/C16H16ClNO3S/c1-2-20-13-4-6-14(7-5-13)22-11-16(19)21-10-12-3-8-15(17)18-9-12/h3-9H,2,10-11H2,1H3. The summed E-state index contributed by atoms with van der Waals surface area (Å²) in [4.78, 5) is 16.6. The Kier molecular flexibility index (Phi) is 6.55. The summed E-state index contributed by atoms with van der Waals surface area (Å²) in [6, 6.07) is 11.1. The molecule has 0 fully saturated rings. The molecule has 1 aromatic carbocycles. The molecule has 0 bridgehead atoms. The number of hydrogen-bond acceptors (Lipinski definition) is 5. The summed E-state index contributed by atoms with van der Waals surface area (Å²) in [5.41, 5.74) is 0.809. The van der Waals surface area contributed by atoms with Crippen LogP contribution in [0.5, 0.6) is 5.75 Å². The van der Waals surface area contributed by atoms with E-state index in [1.165, 1.54) is 11.8 Å². The van der Waals surface area contributed by atoms with Crippen molar-refractivity contribution in [2.45, 2.75) is 18.4 Å². The second-order valence-corrected chi connectivity index (χ2v) is 5.78. The van der Waals surface area contributed by atoms with Crippen LogP contribution in [0.3, 0.4) is 0 Å². The molecule has 0 spiro atoms. The highest BCUT2D eigenvalue weighted by Crippen LogP contribution is 2.21. The van der Waals surface area contributed by atoms with Crippen molar-refractivity contribution in [2.75, 3.05) is 12.4 Å². The van der Waals surface area contributed by atoms with E-state index in [0.29, 0.717) is 11.8 Å². The van der Waals surface area contributed by atoms with E-state index in [1.807, 2.05) is 31.2 Å². The van der Waals surface area contributed by atoms with E-state index in [0.717, 1.165) is 16.2 Å². The van der Waals surface area contributed by atoms with Gasteiger partial charge >= 0.3 is 5.97 Å². The molecule has 0 unspecified atom stereocenters. The minimum absolute atomic E-state index is 0.201. The maximum absolute atomic E-state index is 11.7. The van der Waals surface area contributed by atoms with Crippen molar-refractivity contribution in [2.24, 2.45) is 0 Å². The third-order valence-electron chi connectivity index (χ3n) is 2.68. The van der Waals surface area contributed by atoms with Gasteiger partial charge in [-0.15, -0.1) is 11.8 Å². The first-order chi connectivity index (χ1) is 10.7. The van der Waals surface area contributed by atoms with Gasteiger partial charge in [-0.25, -0.2) is 4.98 Å². The van der Waals surface area contributed by atoms with Crippen LogP contribution in [-0.2, 0) is 16.1 Å². The van der Waals surface area contributed by atoms with Crippen LogP contribution in [0.15, 0.2) is 47.5 Å². The van der Waals surface area contributed by atoms with Gasteiger partial charge in [-0.3, -0.25) is 4.79 Å². The second kappa shape index (κ2) is 8.66. The molecular formula is C16H16ClNO3S. The number of thioether (sulfide) groups is 1. The van der Waals surface area contributed by atoms with Crippen LogP contribution in [0.1, 0.15) is 12.5 Å². The molecule has 0 aliphatic rings. The number of pyridine rings is 1. The Morgan fingerprint density at radius 2 is 2.00 bits per heavy atom. The highest BCUT2D eigenvalue weighted by molar-refractivity contribution is 8.00. The van der Waals surface area contributed by atoms with E-state index in [-0.39, 0.29) is 18.3 Å². The number of hydrogen-bond donors (Lipinski definition) is 0. The molecule has 0 aliphatic heterocycles. The van der Waals surface area contributed by atoms with Gasteiger partial charge in [-0.05, 0) is 37.3 Å². The maximum atomic E-state index is 11.7. The number of ether oxygens (including phenoxy) is 2. The minimum Gasteiger partial charge on any atom is -0.494 e. The zero-order chi connectivity index (χ0) is 15.8. The Bertz CT molecular complexity index is 602. The number of nitrogens with zero attached hydrogens (tertiary/aromatic N) is 1. The van der Waals surface area contributed by atoms with Crippen LogP contribution < -0.4 is 4.74 Å². The average molecular weight is 338 g/mol. The first kappa shape index (κ1) is 16.6. The molecule has 0 aliphatic carbocycles. The van der Waals surface area contributed by atoms with Crippen LogP contribution in [0, 0.1) is 0 Å². The van der Waals surface area contributed by atoms with Crippen molar-refractivity contribution in [1.82, 2.24) is 4.98 Å². The van der Waals surface area contributed by atoms with Crippen molar-refractivity contribution >= 4 is 29.3 Å². The first-order valence-corrected chi connectivity index (χ1v) is 8.15. The van der Waals surface area contributed by atoms with Gasteiger partial charge in [0.25, 0.3) is 0 Å². The molecule has 0 atom stereocenters. The van der Waals surface area contributed by atoms with Gasteiger partial charge in [-0.2, -0.15) is 0 Å². The fraction of sp³-hybridized carbons (Fsp3) is 0.250. The van der Waals surface area contributed by atoms with Gasteiger partial charge in [0.2, 0.25) is 0 Å². The summed E-state index contributed by atoms with van der Waals surface area (Å²) in [7, 11) is 0. The Hall–Kier alpha value is -1.72. The predicted octanol–water partition coefficient (Wildman–Crippen LogP) is 3.97. The molecule has 0 N–H and O–H groups in total. The van der Waals surface area contributed by atoms with Crippen molar-refractivity contribution in [3.63, 3.8) is 0 Å². The van der Waals surface area contributed by atoms with E-state index in [4.69, 9.17) is 21.1 Å². The summed E-state index contributed by atoms with van der Waals surface area (Å²) in [5, 5.41) is 0.418. The highest BCUT2D eigenvalue weighted by Gasteiger charge is 2.05. The summed E-state index contributed by atoms with van der Waals surface area (Å²) < 4.78 is 10.6. The Labute approximate surface area is 138 Å². The summed E-state index contributed by atoms with van der Waals surface area (Å²) in [6.45, 7) is 2.78. The molecule has 22 heavy (non-hydrogen) atoms. The largest absolute Gasteiger partial charge is 0.494 e. The quantitative estimate of drug-likeness (QED) is 0.434. The Morgan fingerprint density at radius 3 is 2.64 bits per heavy atom. The molecule has 116 valence electrons. The average Bonchev–Trinajstić information content (AvgIpc) is 2.54. The highest BCUT2D eigenvalue weighted by atomic mass is 35.5. The zero-order valence-electron chi connectivity index (χ0n) is 12.1. The van der Waals surface area contributed by atoms with Gasteiger partial charge in [-0.1, -0.05) is 17.7 Å². The van der Waals surface area contributed by atoms with Gasteiger partial charge < -0.3 is 9.47 Å². The topological polar surface area (TPSA) is 48.4 Å². The lowest BCUT2D eigenvalue weighted by atomic mass is 10.3. The molecule has 0 radical (unpaired) electrons. The molecule has 6 heteroatoms. The van der Waals surface area contributed by atoms with Gasteiger partial charge in [0.1, 0.15) is 17.5 Å². The van der Waals surface area contributed by atoms with Crippen molar-refractivity contribution in [3.8, 4) is 5.75 Å². The Balaban J connectivity index is 1.74. The molecule has 0 amide bonds. The molecule has 4 nitrogen and oxygen atoms in total. The molecule has 0 saturated heterocycles. The van der Waals surface area contributed by atoms with Crippen LogP contribution in [-0.4, -0.2) is 23.3 Å². The minimum atomic E-state index is -0.270. The number of esters is 1. The molecule has 2 rings (SSSR count). The van der Waals surface area contributed by atoms with Crippen LogP contribution in [0.25, 0.3) is 0 Å². The molecular weight excluding hydrogens is 322 g/mol. The molecule has 1 aromatic heterocycles. The number of halogens is 1. The summed E-state index contributed by atoms with van der Waals surface area (Å²) in [6.07, 6.45) is 1.59. The molecule has 1 heterocycles. The van der Waals surface area contributed by atoms with Gasteiger partial charge in [0.15, 0.2) is 0 Å². The monoisotopic (exact) mass is 337 g/mol. The first-order valence-electron chi connectivity index (χ1n) is 6.79. The van der Waals surface area contributed by atoms with Crippen molar-refractivity contribution < 1.29 is 14.3 Å². The van der Waals surface area contributed by atoms with Crippen molar-refractivity contribution in [3.05, 3.63) is 53.3 Å². The fourth-order valence-electron chi connectivity index (χ4n) is 1.64. The third-order valence-corrected chi connectivity index (χ3v) is 3.89. The normalized spacial score (nSPS) is 10.3. The zero-order valence-corrected chi connectivity index (χ0v) is 13.7. The lowest BCUT2D eigenvalue weighted by Crippen LogP contribution is -2.07. The second-order valence-electron chi connectivity index (χ2n) is 4.34. The van der Waals surface area contributed by atoms with E-state index < -0.39 is 0 Å². The van der Waals surface area contributed by atoms with Crippen molar-refractivity contribution in [1.29, 1.82) is 0 Å². The molecule has 2 aromatic rings. The van der Waals surface area contributed by atoms with Crippen LogP contribution in [0.4, 0.5) is 0 Å². The molecule has 0 saturated carbocycles. The summed E-state index contributed by atoms with van der Waals surface area (Å²) in [5.74, 6) is 0.813. The van der Waals surface area contributed by atoms with E-state index in [1.54, 1.807) is 18.3 Å². The van der Waals surface area contributed by atoms with E-state index in [9.17, 15) is 4.79 Å². The third kappa shape index (κ3) is 5.58. The Morgan fingerprint density at radius 1 is 1.23 bits per heavy atom. The van der Waals surface area contributed by atoms with Gasteiger partial charge in [0, 0.05) is 16.7 Å². The SMILES string of the molecule is CCOc1ccc(SCC(=O)OCc2ccc(Cl)nc2)cc1. The summed E-state index contributed by atoms with van der Waals surface area (Å²) >= 11 is 7.12. The lowest BCUT2D eigenvalue weighted by molar-refractivity contribution is -0.141. The van der Waals surface area contributed by atoms with Crippen LogP contribution in [0.2, 0.25) is 5.15 Å².